The number of benzene rings is 1. The molecule has 2 rings (SSSR count). The highest BCUT2D eigenvalue weighted by Gasteiger charge is 1.99. The lowest BCUT2D eigenvalue weighted by molar-refractivity contribution is 0.112. The molecule has 11 heavy (non-hydrogen) atoms. The zero-order chi connectivity index (χ0) is 8.55. The van der Waals surface area contributed by atoms with Crippen molar-refractivity contribution in [3.05, 3.63) is 29.3 Å². The van der Waals surface area contributed by atoms with E-state index < -0.39 is 6.26 Å². The fraction of sp³-hybridized carbons (Fsp3) is 0. The molecule has 0 aliphatic heterocycles. The molecule has 1 aromatic carbocycles. The van der Waals surface area contributed by atoms with Crippen LogP contribution in [0.1, 0.15) is 11.7 Å². The first-order chi connectivity index (χ1) is 5.79. The molecule has 1 aromatic heterocycles. The van der Waals surface area contributed by atoms with Crippen molar-refractivity contribution < 1.29 is 6.17 Å². The molecule has 0 saturated heterocycles. The van der Waals surface area contributed by atoms with Crippen molar-refractivity contribution in [1.82, 2.24) is 4.98 Å². The highest BCUT2D eigenvalue weighted by molar-refractivity contribution is 7.17. The molecule has 0 saturated carbocycles. The Labute approximate surface area is 68.9 Å². The number of hydrogen-bond acceptors (Lipinski definition) is 3. The van der Waals surface area contributed by atoms with Gasteiger partial charge in [-0.2, -0.15) is 0 Å². The Morgan fingerprint density at radius 2 is 2.55 bits per heavy atom. The van der Waals surface area contributed by atoms with Crippen LogP contribution in [0.4, 0.5) is 0 Å². The number of nitrogens with zero attached hydrogens (tertiary/aromatic N) is 1. The number of fused-ring (bicyclic) bond motifs is 1. The molecule has 0 amide bonds. The fourth-order valence-electron chi connectivity index (χ4n) is 0.967. The molecule has 3 heteroatoms. The summed E-state index contributed by atoms with van der Waals surface area (Å²) in [4.78, 5) is 14.8. The summed E-state index contributed by atoms with van der Waals surface area (Å²) in [6.45, 7) is 0. The summed E-state index contributed by atoms with van der Waals surface area (Å²) in [6, 6.07) is 5.22. The maximum absolute atomic E-state index is 10.8. The van der Waals surface area contributed by atoms with E-state index in [2.05, 4.69) is 4.98 Å². The molecule has 54 valence electrons. The van der Waals surface area contributed by atoms with E-state index in [4.69, 9.17) is 1.37 Å². The minimum atomic E-state index is -0.648. The smallest absolute Gasteiger partial charge is 0.151 e. The predicted octanol–water partition coefficient (Wildman–Crippen LogP) is 2.11. The Hall–Kier alpha value is -1.22. The van der Waals surface area contributed by atoms with Crippen LogP contribution in [0.5, 0.6) is 0 Å². The van der Waals surface area contributed by atoms with Crippen molar-refractivity contribution in [3.63, 3.8) is 0 Å². The Morgan fingerprint density at radius 3 is 3.36 bits per heavy atom. The highest BCUT2D eigenvalue weighted by atomic mass is 32.1. The largest absolute Gasteiger partial charge is 0.298 e. The van der Waals surface area contributed by atoms with Crippen LogP contribution in [0, 0.1) is 0 Å². The lowest BCUT2D eigenvalue weighted by atomic mass is 10.2. The van der Waals surface area contributed by atoms with Gasteiger partial charge in [0.05, 0.1) is 15.7 Å². The van der Waals surface area contributed by atoms with Gasteiger partial charge in [0.25, 0.3) is 0 Å². The van der Waals surface area contributed by atoms with Crippen molar-refractivity contribution >= 4 is 27.8 Å². The molecule has 0 bridgehead atoms. The van der Waals surface area contributed by atoms with E-state index in [-0.39, 0.29) is 0 Å². The lowest BCUT2D eigenvalue weighted by Crippen LogP contribution is -1.77. The van der Waals surface area contributed by atoms with Gasteiger partial charge in [0.15, 0.2) is 6.26 Å². The second-order valence-corrected chi connectivity index (χ2v) is 2.96. The molecule has 0 aliphatic carbocycles. The molecule has 2 nitrogen and oxygen atoms in total. The average molecular weight is 164 g/mol. The molecule has 0 atom stereocenters. The number of aldehydes is 1. The number of thiazole rings is 1. The topological polar surface area (TPSA) is 30.0 Å². The first-order valence-electron chi connectivity index (χ1n) is 3.62. The van der Waals surface area contributed by atoms with E-state index in [1.54, 1.807) is 17.6 Å². The van der Waals surface area contributed by atoms with Gasteiger partial charge in [-0.3, -0.25) is 4.79 Å². The Morgan fingerprint density at radius 1 is 1.64 bits per heavy atom. The van der Waals surface area contributed by atoms with Crippen molar-refractivity contribution in [1.29, 1.82) is 0 Å². The van der Waals surface area contributed by atoms with E-state index in [9.17, 15) is 4.79 Å². The van der Waals surface area contributed by atoms with Gasteiger partial charge in [0.1, 0.15) is 1.37 Å². The van der Waals surface area contributed by atoms with Crippen LogP contribution < -0.4 is 0 Å². The zero-order valence-electron chi connectivity index (χ0n) is 6.57. The first-order valence-corrected chi connectivity index (χ1v) is 4.00. The third kappa shape index (κ3) is 0.935. The van der Waals surface area contributed by atoms with Gasteiger partial charge < -0.3 is 0 Å². The van der Waals surface area contributed by atoms with Crippen LogP contribution in [0.25, 0.3) is 10.2 Å². The van der Waals surface area contributed by atoms with Crippen LogP contribution in [-0.4, -0.2) is 11.2 Å². The highest BCUT2D eigenvalue weighted by Crippen LogP contribution is 2.20. The van der Waals surface area contributed by atoms with Gasteiger partial charge in [-0.1, -0.05) is 12.1 Å². The van der Waals surface area contributed by atoms with Gasteiger partial charge >= 0.3 is 0 Å². The number of hydrogen-bond donors (Lipinski definition) is 0. The van der Waals surface area contributed by atoms with E-state index in [0.29, 0.717) is 5.56 Å². The van der Waals surface area contributed by atoms with Gasteiger partial charge in [0.2, 0.25) is 0 Å². The molecule has 0 fully saturated rings. The first kappa shape index (κ1) is 5.43. The van der Waals surface area contributed by atoms with Crippen LogP contribution in [-0.2, 0) is 0 Å². The summed E-state index contributed by atoms with van der Waals surface area (Å²) >= 11 is 1.39. The van der Waals surface area contributed by atoms with Crippen molar-refractivity contribution in [2.24, 2.45) is 0 Å². The summed E-state index contributed by atoms with van der Waals surface area (Å²) < 4.78 is 7.78. The van der Waals surface area contributed by atoms with Crippen molar-refractivity contribution in [2.75, 3.05) is 0 Å². The maximum Gasteiger partial charge on any atom is 0.151 e. The molecule has 0 unspecified atom stereocenters. The molecule has 0 radical (unpaired) electrons. The molecule has 2 aromatic rings. The van der Waals surface area contributed by atoms with Crippen LogP contribution in [0.2, 0.25) is 0 Å². The standard InChI is InChI=1S/C8H5NOS/c10-4-6-2-1-3-7-8(6)11-5-9-7/h1-5H/i4D. The normalized spacial score (nSPS) is 11.5. The zero-order valence-corrected chi connectivity index (χ0v) is 6.39. The van der Waals surface area contributed by atoms with Crippen molar-refractivity contribution in [3.8, 4) is 0 Å². The Balaban J connectivity index is 2.82. The van der Waals surface area contributed by atoms with Gasteiger partial charge in [-0.15, -0.1) is 11.3 Å². The van der Waals surface area contributed by atoms with E-state index >= 15 is 0 Å². The number of carbonyl (C=O) groups is 1. The lowest BCUT2D eigenvalue weighted by Gasteiger charge is -1.89. The summed E-state index contributed by atoms with van der Waals surface area (Å²) in [6.07, 6.45) is -0.648. The minimum absolute atomic E-state index is 0.440. The van der Waals surface area contributed by atoms with Crippen molar-refractivity contribution in [2.45, 2.75) is 0 Å². The van der Waals surface area contributed by atoms with Gasteiger partial charge in [0, 0.05) is 5.56 Å². The SMILES string of the molecule is [2H]C(=O)c1cccc2ncsc12. The molecule has 1 heterocycles. The summed E-state index contributed by atoms with van der Waals surface area (Å²) in [5.74, 6) is 0. The summed E-state index contributed by atoms with van der Waals surface area (Å²) in [5.41, 5.74) is 2.91. The Kier molecular flexibility index (Phi) is 1.20. The predicted molar refractivity (Wildman–Crippen MR) is 45.0 cm³/mol. The van der Waals surface area contributed by atoms with Gasteiger partial charge in [-0.05, 0) is 6.07 Å². The van der Waals surface area contributed by atoms with Crippen LogP contribution >= 0.6 is 11.3 Å². The van der Waals surface area contributed by atoms with Crippen LogP contribution in [0.15, 0.2) is 23.7 Å². The third-order valence-electron chi connectivity index (χ3n) is 1.47. The number of rotatable bonds is 1. The average Bonchev–Trinajstić information content (AvgIpc) is 2.49. The molecule has 0 aliphatic rings. The maximum atomic E-state index is 10.8. The van der Waals surface area contributed by atoms with Gasteiger partial charge in [-0.25, -0.2) is 4.98 Å². The second kappa shape index (κ2) is 2.43. The quantitative estimate of drug-likeness (QED) is 0.604. The van der Waals surface area contributed by atoms with E-state index in [1.807, 2.05) is 6.07 Å². The Bertz CT molecular complexity index is 437. The molecule has 0 spiro atoms. The molecular formula is C8H5NOS. The summed E-state index contributed by atoms with van der Waals surface area (Å²) in [5, 5.41) is 0. The fourth-order valence-corrected chi connectivity index (χ4v) is 1.72. The third-order valence-corrected chi connectivity index (χ3v) is 2.34. The minimum Gasteiger partial charge on any atom is -0.298 e. The van der Waals surface area contributed by atoms with Crippen LogP contribution in [0.3, 0.4) is 0 Å². The number of carbonyl (C=O) groups excluding carboxylic acids is 1. The molecular weight excluding hydrogens is 158 g/mol. The second-order valence-electron chi connectivity index (χ2n) is 2.11. The number of aromatic nitrogens is 1. The molecule has 0 N–H and O–H groups in total. The monoisotopic (exact) mass is 164 g/mol. The summed E-state index contributed by atoms with van der Waals surface area (Å²) in [7, 11) is 0. The van der Waals surface area contributed by atoms with E-state index in [0.717, 1.165) is 10.2 Å². The van der Waals surface area contributed by atoms with E-state index in [1.165, 1.54) is 11.3 Å².